The number of aliphatic hydroxyl groups excluding tert-OH is 1. The molecule has 0 aliphatic carbocycles. The first-order chi connectivity index (χ1) is 14.8. The van der Waals surface area contributed by atoms with Gasteiger partial charge < -0.3 is 20.6 Å². The third-order valence-electron chi connectivity index (χ3n) is 5.67. The molecule has 2 heterocycles. The monoisotopic (exact) mass is 444 g/mol. The van der Waals surface area contributed by atoms with E-state index in [0.717, 1.165) is 17.7 Å². The molecule has 2 aliphatic heterocycles. The van der Waals surface area contributed by atoms with Crippen LogP contribution in [0.3, 0.4) is 0 Å². The first kappa shape index (κ1) is 21.3. The highest BCUT2D eigenvalue weighted by atomic mass is 32.2. The molecule has 3 amide bonds. The van der Waals surface area contributed by atoms with E-state index in [1.54, 1.807) is 30.1 Å². The SMILES string of the molecule is CN1C(=O)Cc2cc(NC(=O)Nc3ccc(S(=O)(=O)N4CCC[C@H]4CO)cc3)ccc21. The Bertz CT molecular complexity index is 1120. The van der Waals surface area contributed by atoms with Gasteiger partial charge in [0.05, 0.1) is 17.9 Å². The van der Waals surface area contributed by atoms with E-state index in [9.17, 15) is 23.1 Å². The summed E-state index contributed by atoms with van der Waals surface area (Å²) in [7, 11) is -1.98. The Kier molecular flexibility index (Phi) is 5.69. The Labute approximate surface area is 180 Å². The van der Waals surface area contributed by atoms with Gasteiger partial charge in [-0.1, -0.05) is 0 Å². The molecule has 1 fully saturated rings. The molecule has 0 unspecified atom stereocenters. The standard InChI is InChI=1S/C21H24N4O5S/c1-24-19-9-6-16(11-14(19)12-20(24)27)23-21(28)22-15-4-7-18(8-5-15)31(29,30)25-10-2-3-17(25)13-26/h4-9,11,17,26H,2-3,10,12-13H2,1H3,(H2,22,23,28)/t17-/m0/s1. The van der Waals surface area contributed by atoms with Crippen molar-refractivity contribution in [3.8, 4) is 0 Å². The molecule has 1 atom stereocenters. The second-order valence-electron chi connectivity index (χ2n) is 7.67. The zero-order valence-corrected chi connectivity index (χ0v) is 17.9. The number of benzene rings is 2. The molecule has 0 bridgehead atoms. The Morgan fingerprint density at radius 1 is 1.13 bits per heavy atom. The molecule has 2 aliphatic rings. The Morgan fingerprint density at radius 3 is 2.52 bits per heavy atom. The van der Waals surface area contributed by atoms with Crippen LogP contribution in [0, 0.1) is 0 Å². The molecule has 9 nitrogen and oxygen atoms in total. The molecule has 0 spiro atoms. The second-order valence-corrected chi connectivity index (χ2v) is 9.56. The van der Waals surface area contributed by atoms with Gasteiger partial charge >= 0.3 is 6.03 Å². The first-order valence-electron chi connectivity index (χ1n) is 10.00. The zero-order valence-electron chi connectivity index (χ0n) is 17.0. The van der Waals surface area contributed by atoms with Crippen LogP contribution in [0.4, 0.5) is 21.9 Å². The molecule has 1 saturated heterocycles. The Balaban J connectivity index is 1.41. The van der Waals surface area contributed by atoms with Gasteiger partial charge in [0.15, 0.2) is 0 Å². The van der Waals surface area contributed by atoms with Crippen molar-refractivity contribution in [2.45, 2.75) is 30.2 Å². The minimum atomic E-state index is -3.70. The van der Waals surface area contributed by atoms with Gasteiger partial charge in [0.2, 0.25) is 15.9 Å². The zero-order chi connectivity index (χ0) is 22.2. The van der Waals surface area contributed by atoms with E-state index >= 15 is 0 Å². The lowest BCUT2D eigenvalue weighted by atomic mass is 10.1. The predicted octanol–water partition coefficient (Wildman–Crippen LogP) is 1.99. The lowest BCUT2D eigenvalue weighted by Crippen LogP contribution is -2.37. The summed E-state index contributed by atoms with van der Waals surface area (Å²) in [5.74, 6) is 0.00545. The fourth-order valence-corrected chi connectivity index (χ4v) is 5.68. The van der Waals surface area contributed by atoms with Gasteiger partial charge in [-0.3, -0.25) is 4.79 Å². The van der Waals surface area contributed by atoms with Crippen LogP contribution in [0.5, 0.6) is 0 Å². The van der Waals surface area contributed by atoms with Crippen LogP contribution in [0.1, 0.15) is 18.4 Å². The van der Waals surface area contributed by atoms with E-state index in [0.29, 0.717) is 30.8 Å². The largest absolute Gasteiger partial charge is 0.395 e. The summed E-state index contributed by atoms with van der Waals surface area (Å²) in [6.45, 7) is 0.185. The number of nitrogens with one attached hydrogen (secondary N) is 2. The van der Waals surface area contributed by atoms with Gasteiger partial charge in [-0.2, -0.15) is 4.31 Å². The number of carbonyl (C=O) groups excluding carboxylic acids is 2. The number of urea groups is 1. The smallest absolute Gasteiger partial charge is 0.323 e. The van der Waals surface area contributed by atoms with Crippen LogP contribution < -0.4 is 15.5 Å². The molecule has 2 aromatic carbocycles. The number of fused-ring (bicyclic) bond motifs is 1. The van der Waals surface area contributed by atoms with Crippen molar-refractivity contribution in [2.75, 3.05) is 35.7 Å². The van der Waals surface area contributed by atoms with Gasteiger partial charge in [-0.05, 0) is 60.9 Å². The van der Waals surface area contributed by atoms with Gasteiger partial charge in [-0.25, -0.2) is 13.2 Å². The quantitative estimate of drug-likeness (QED) is 0.652. The van der Waals surface area contributed by atoms with Crippen LogP contribution >= 0.6 is 0 Å². The number of carbonyl (C=O) groups is 2. The third kappa shape index (κ3) is 4.14. The Morgan fingerprint density at radius 2 is 1.81 bits per heavy atom. The number of likely N-dealkylation sites (N-methyl/N-ethyl adjacent to an activating group) is 1. The summed E-state index contributed by atoms with van der Waals surface area (Å²) in [6, 6.07) is 10.3. The van der Waals surface area contributed by atoms with E-state index in [-0.39, 0.29) is 17.4 Å². The van der Waals surface area contributed by atoms with Crippen LogP contribution in [0.15, 0.2) is 47.4 Å². The predicted molar refractivity (Wildman–Crippen MR) is 117 cm³/mol. The highest BCUT2D eigenvalue weighted by molar-refractivity contribution is 7.89. The Hall–Kier alpha value is -2.95. The molecular weight excluding hydrogens is 420 g/mol. The minimum Gasteiger partial charge on any atom is -0.395 e. The number of amides is 3. The lowest BCUT2D eigenvalue weighted by Gasteiger charge is -2.22. The van der Waals surface area contributed by atoms with Crippen LogP contribution in [0.25, 0.3) is 0 Å². The van der Waals surface area contributed by atoms with E-state index in [2.05, 4.69) is 10.6 Å². The van der Waals surface area contributed by atoms with Crippen LogP contribution in [-0.4, -0.2) is 56.0 Å². The van der Waals surface area contributed by atoms with Gasteiger partial charge in [0.1, 0.15) is 0 Å². The lowest BCUT2D eigenvalue weighted by molar-refractivity contribution is -0.117. The summed E-state index contributed by atoms with van der Waals surface area (Å²) >= 11 is 0. The summed E-state index contributed by atoms with van der Waals surface area (Å²) in [5.41, 5.74) is 2.67. The number of rotatable bonds is 5. The highest BCUT2D eigenvalue weighted by Crippen LogP contribution is 2.30. The summed E-state index contributed by atoms with van der Waals surface area (Å²) in [6.07, 6.45) is 1.66. The third-order valence-corrected chi connectivity index (χ3v) is 7.63. The number of hydrogen-bond donors (Lipinski definition) is 3. The average molecular weight is 445 g/mol. The fourth-order valence-electron chi connectivity index (χ4n) is 4.00. The van der Waals surface area contributed by atoms with Crippen molar-refractivity contribution in [2.24, 2.45) is 0 Å². The molecule has 0 aromatic heterocycles. The molecule has 164 valence electrons. The normalized spacial score (nSPS) is 18.8. The minimum absolute atomic E-state index is 0.00545. The molecule has 4 rings (SSSR count). The van der Waals surface area contributed by atoms with E-state index in [1.165, 1.54) is 28.6 Å². The number of aliphatic hydroxyl groups is 1. The van der Waals surface area contributed by atoms with Crippen molar-refractivity contribution in [1.29, 1.82) is 0 Å². The maximum atomic E-state index is 12.8. The topological polar surface area (TPSA) is 119 Å². The van der Waals surface area contributed by atoms with Gasteiger partial charge in [-0.15, -0.1) is 0 Å². The van der Waals surface area contributed by atoms with Crippen molar-refractivity contribution in [3.05, 3.63) is 48.0 Å². The molecule has 2 aromatic rings. The number of anilines is 3. The van der Waals surface area contributed by atoms with Crippen molar-refractivity contribution in [1.82, 2.24) is 4.31 Å². The van der Waals surface area contributed by atoms with Crippen LogP contribution in [0.2, 0.25) is 0 Å². The van der Waals surface area contributed by atoms with E-state index < -0.39 is 22.1 Å². The number of hydrogen-bond acceptors (Lipinski definition) is 5. The molecule has 31 heavy (non-hydrogen) atoms. The summed E-state index contributed by atoms with van der Waals surface area (Å²) in [5, 5.41) is 14.8. The number of sulfonamides is 1. The highest BCUT2D eigenvalue weighted by Gasteiger charge is 2.34. The van der Waals surface area contributed by atoms with Crippen molar-refractivity contribution in [3.63, 3.8) is 0 Å². The molecule has 3 N–H and O–H groups in total. The van der Waals surface area contributed by atoms with E-state index in [1.807, 2.05) is 0 Å². The molecular formula is C21H24N4O5S. The fraction of sp³-hybridized carbons (Fsp3) is 0.333. The van der Waals surface area contributed by atoms with E-state index in [4.69, 9.17) is 0 Å². The van der Waals surface area contributed by atoms with Crippen molar-refractivity contribution >= 4 is 39.0 Å². The number of nitrogens with zero attached hydrogens (tertiary/aromatic N) is 2. The second kappa shape index (κ2) is 8.29. The summed E-state index contributed by atoms with van der Waals surface area (Å²) < 4.78 is 26.9. The molecule has 0 radical (unpaired) electrons. The van der Waals surface area contributed by atoms with Gasteiger partial charge in [0.25, 0.3) is 0 Å². The van der Waals surface area contributed by atoms with Crippen molar-refractivity contribution < 1.29 is 23.1 Å². The van der Waals surface area contributed by atoms with Gasteiger partial charge in [0, 0.05) is 36.7 Å². The molecule has 0 saturated carbocycles. The maximum absolute atomic E-state index is 12.8. The van der Waals surface area contributed by atoms with Crippen LogP contribution in [-0.2, 0) is 21.2 Å². The summed E-state index contributed by atoms with van der Waals surface area (Å²) in [4.78, 5) is 25.8. The first-order valence-corrected chi connectivity index (χ1v) is 11.4. The molecule has 10 heteroatoms. The maximum Gasteiger partial charge on any atom is 0.323 e. The average Bonchev–Trinajstić information content (AvgIpc) is 3.33.